The number of hydrogen-bond acceptors (Lipinski definition) is 4. The van der Waals surface area contributed by atoms with Gasteiger partial charge in [-0.3, -0.25) is 4.57 Å². The molecule has 1 aliphatic rings. The lowest BCUT2D eigenvalue weighted by atomic mass is 10.2. The highest BCUT2D eigenvalue weighted by molar-refractivity contribution is 5.91. The molecule has 0 aliphatic carbocycles. The molecule has 1 aliphatic heterocycles. The standard InChI is InChI=1S/C14H16N2O4/c17-13(18)10-3-4-11-12(9-10)20-14(19)16(11)8-7-15-5-1-2-6-15/h3-4,9H,1-2,5-8H2,(H,17,18). The lowest BCUT2D eigenvalue weighted by Gasteiger charge is -2.14. The van der Waals surface area contributed by atoms with Gasteiger partial charge < -0.3 is 14.4 Å². The van der Waals surface area contributed by atoms with Gasteiger partial charge in [0.25, 0.3) is 0 Å². The van der Waals surface area contributed by atoms with E-state index in [0.717, 1.165) is 19.6 Å². The van der Waals surface area contributed by atoms with Gasteiger partial charge >= 0.3 is 11.7 Å². The molecule has 0 unspecified atom stereocenters. The monoisotopic (exact) mass is 276 g/mol. The van der Waals surface area contributed by atoms with Crippen LogP contribution in [-0.2, 0) is 6.54 Å². The largest absolute Gasteiger partial charge is 0.478 e. The van der Waals surface area contributed by atoms with Crippen molar-refractivity contribution in [3.8, 4) is 0 Å². The molecule has 1 saturated heterocycles. The Balaban J connectivity index is 1.88. The second-order valence-electron chi connectivity index (χ2n) is 5.06. The highest BCUT2D eigenvalue weighted by Crippen LogP contribution is 2.16. The van der Waals surface area contributed by atoms with E-state index in [-0.39, 0.29) is 5.56 Å². The van der Waals surface area contributed by atoms with Crippen molar-refractivity contribution in [3.05, 3.63) is 34.3 Å². The molecule has 0 radical (unpaired) electrons. The zero-order valence-corrected chi connectivity index (χ0v) is 11.0. The summed E-state index contributed by atoms with van der Waals surface area (Å²) >= 11 is 0. The fourth-order valence-corrected chi connectivity index (χ4v) is 2.66. The molecule has 2 heterocycles. The zero-order valence-electron chi connectivity index (χ0n) is 11.0. The molecular formula is C14H16N2O4. The van der Waals surface area contributed by atoms with Crippen LogP contribution in [0.5, 0.6) is 0 Å². The molecule has 6 heteroatoms. The summed E-state index contributed by atoms with van der Waals surface area (Å²) in [6, 6.07) is 4.52. The molecule has 0 spiro atoms. The maximum absolute atomic E-state index is 11.9. The number of fused-ring (bicyclic) bond motifs is 1. The first-order valence-corrected chi connectivity index (χ1v) is 6.74. The van der Waals surface area contributed by atoms with Crippen molar-refractivity contribution in [1.29, 1.82) is 0 Å². The lowest BCUT2D eigenvalue weighted by Crippen LogP contribution is -2.27. The van der Waals surface area contributed by atoms with Crippen molar-refractivity contribution in [1.82, 2.24) is 9.47 Å². The fraction of sp³-hybridized carbons (Fsp3) is 0.429. The molecule has 1 N–H and O–H groups in total. The van der Waals surface area contributed by atoms with Crippen molar-refractivity contribution in [3.63, 3.8) is 0 Å². The predicted octanol–water partition coefficient (Wildman–Crippen LogP) is 1.39. The van der Waals surface area contributed by atoms with Gasteiger partial charge in [-0.2, -0.15) is 0 Å². The van der Waals surface area contributed by atoms with Gasteiger partial charge in [-0.15, -0.1) is 0 Å². The number of aromatic carboxylic acids is 1. The Labute approximate surface area is 115 Å². The third kappa shape index (κ3) is 2.34. The summed E-state index contributed by atoms with van der Waals surface area (Å²) in [7, 11) is 0. The zero-order chi connectivity index (χ0) is 14.1. The number of hydrogen-bond donors (Lipinski definition) is 1. The van der Waals surface area contributed by atoms with E-state index in [9.17, 15) is 9.59 Å². The number of rotatable bonds is 4. The molecule has 0 atom stereocenters. The van der Waals surface area contributed by atoms with Crippen LogP contribution in [0, 0.1) is 0 Å². The summed E-state index contributed by atoms with van der Waals surface area (Å²) in [5.74, 6) is -1.46. The molecule has 1 aromatic heterocycles. The molecule has 0 amide bonds. The van der Waals surface area contributed by atoms with Crippen LogP contribution in [0.2, 0.25) is 0 Å². The molecule has 0 bridgehead atoms. The van der Waals surface area contributed by atoms with Crippen LogP contribution in [0.3, 0.4) is 0 Å². The minimum Gasteiger partial charge on any atom is -0.478 e. The van der Waals surface area contributed by atoms with Gasteiger partial charge in [0.15, 0.2) is 5.58 Å². The number of carboxylic acid groups (broad SMARTS) is 1. The lowest BCUT2D eigenvalue weighted by molar-refractivity contribution is 0.0697. The average molecular weight is 276 g/mol. The number of benzene rings is 1. The van der Waals surface area contributed by atoms with Crippen LogP contribution >= 0.6 is 0 Å². The van der Waals surface area contributed by atoms with E-state index in [0.29, 0.717) is 17.6 Å². The summed E-state index contributed by atoms with van der Waals surface area (Å²) in [4.78, 5) is 25.1. The predicted molar refractivity (Wildman–Crippen MR) is 73.1 cm³/mol. The molecule has 2 aromatic rings. The van der Waals surface area contributed by atoms with E-state index in [1.165, 1.54) is 25.0 Å². The van der Waals surface area contributed by atoms with Crippen LogP contribution in [0.25, 0.3) is 11.1 Å². The van der Waals surface area contributed by atoms with Crippen molar-refractivity contribution in [2.75, 3.05) is 19.6 Å². The van der Waals surface area contributed by atoms with Gasteiger partial charge in [0.1, 0.15) is 0 Å². The summed E-state index contributed by atoms with van der Waals surface area (Å²) in [5.41, 5.74) is 1.11. The Morgan fingerprint density at radius 3 is 2.70 bits per heavy atom. The molecular weight excluding hydrogens is 260 g/mol. The summed E-state index contributed by atoms with van der Waals surface area (Å²) < 4.78 is 6.70. The highest BCUT2D eigenvalue weighted by atomic mass is 16.4. The highest BCUT2D eigenvalue weighted by Gasteiger charge is 2.15. The van der Waals surface area contributed by atoms with Gasteiger partial charge in [0.2, 0.25) is 0 Å². The third-order valence-electron chi connectivity index (χ3n) is 3.75. The molecule has 0 saturated carbocycles. The number of oxazole rings is 1. The average Bonchev–Trinajstić information content (AvgIpc) is 3.02. The van der Waals surface area contributed by atoms with Crippen LogP contribution in [-0.4, -0.2) is 40.2 Å². The second kappa shape index (κ2) is 5.13. The number of nitrogens with zero attached hydrogens (tertiary/aromatic N) is 2. The van der Waals surface area contributed by atoms with Crippen molar-refractivity contribution in [2.45, 2.75) is 19.4 Å². The SMILES string of the molecule is O=C(O)c1ccc2c(c1)oc(=O)n2CCN1CCCC1. The fourth-order valence-electron chi connectivity index (χ4n) is 2.66. The smallest absolute Gasteiger partial charge is 0.419 e. The van der Waals surface area contributed by atoms with Gasteiger partial charge in [-0.25, -0.2) is 9.59 Å². The number of aromatic nitrogens is 1. The van der Waals surface area contributed by atoms with Gasteiger partial charge in [0, 0.05) is 13.1 Å². The first-order chi connectivity index (χ1) is 9.65. The topological polar surface area (TPSA) is 75.7 Å². The Kier molecular flexibility index (Phi) is 3.31. The summed E-state index contributed by atoms with van der Waals surface area (Å²) in [6.07, 6.45) is 2.42. The van der Waals surface area contributed by atoms with Crippen LogP contribution < -0.4 is 5.76 Å². The summed E-state index contributed by atoms with van der Waals surface area (Å²) in [6.45, 7) is 3.54. The maximum Gasteiger partial charge on any atom is 0.419 e. The van der Waals surface area contributed by atoms with Crippen LogP contribution in [0.15, 0.2) is 27.4 Å². The van der Waals surface area contributed by atoms with Gasteiger partial charge in [-0.05, 0) is 44.1 Å². The molecule has 1 fully saturated rings. The Bertz CT molecular complexity index is 695. The minimum absolute atomic E-state index is 0.123. The van der Waals surface area contributed by atoms with Gasteiger partial charge in [-0.1, -0.05) is 0 Å². The normalized spacial score (nSPS) is 16.0. The first kappa shape index (κ1) is 12.9. The van der Waals surface area contributed by atoms with Crippen molar-refractivity contribution >= 4 is 17.1 Å². The molecule has 20 heavy (non-hydrogen) atoms. The summed E-state index contributed by atoms with van der Waals surface area (Å²) in [5, 5.41) is 8.93. The maximum atomic E-state index is 11.9. The third-order valence-corrected chi connectivity index (χ3v) is 3.75. The van der Waals surface area contributed by atoms with E-state index < -0.39 is 11.7 Å². The number of carbonyl (C=O) groups is 1. The molecule has 6 nitrogen and oxygen atoms in total. The van der Waals surface area contributed by atoms with E-state index in [1.54, 1.807) is 10.6 Å². The number of carboxylic acids is 1. The second-order valence-corrected chi connectivity index (χ2v) is 5.06. The van der Waals surface area contributed by atoms with E-state index in [2.05, 4.69) is 4.90 Å². The van der Waals surface area contributed by atoms with Crippen LogP contribution in [0.1, 0.15) is 23.2 Å². The Morgan fingerprint density at radius 1 is 1.25 bits per heavy atom. The van der Waals surface area contributed by atoms with Gasteiger partial charge in [0.05, 0.1) is 11.1 Å². The van der Waals surface area contributed by atoms with Crippen molar-refractivity contribution < 1.29 is 14.3 Å². The molecule has 3 rings (SSSR count). The quantitative estimate of drug-likeness (QED) is 0.913. The first-order valence-electron chi connectivity index (χ1n) is 6.74. The van der Waals surface area contributed by atoms with E-state index >= 15 is 0 Å². The molecule has 106 valence electrons. The Morgan fingerprint density at radius 2 is 2.00 bits per heavy atom. The van der Waals surface area contributed by atoms with E-state index in [1.807, 2.05) is 0 Å². The van der Waals surface area contributed by atoms with Crippen molar-refractivity contribution in [2.24, 2.45) is 0 Å². The number of likely N-dealkylation sites (tertiary alicyclic amines) is 1. The Hall–Kier alpha value is -2.08. The minimum atomic E-state index is -1.03. The van der Waals surface area contributed by atoms with E-state index in [4.69, 9.17) is 9.52 Å². The van der Waals surface area contributed by atoms with Crippen LogP contribution in [0.4, 0.5) is 0 Å². The molecule has 1 aromatic carbocycles.